The van der Waals surface area contributed by atoms with Gasteiger partial charge < -0.3 is 15.8 Å². The van der Waals surface area contributed by atoms with Crippen molar-refractivity contribution in [3.63, 3.8) is 0 Å². The Labute approximate surface area is 113 Å². The standard InChI is InChI=1S/C14H21N3O2/c15-12-4-5-13(16-10-12)17-14(18)3-1-2-11-6-8-19-9-7-11/h4-5,10-11H,1-3,6-9,15H2,(H,16,17,18). The summed E-state index contributed by atoms with van der Waals surface area (Å²) >= 11 is 0. The van der Waals surface area contributed by atoms with Gasteiger partial charge in [0, 0.05) is 19.6 Å². The van der Waals surface area contributed by atoms with Gasteiger partial charge in [-0.25, -0.2) is 4.98 Å². The lowest BCUT2D eigenvalue weighted by Gasteiger charge is -2.21. The molecule has 19 heavy (non-hydrogen) atoms. The number of nitrogens with zero attached hydrogens (tertiary/aromatic N) is 1. The number of nitrogens with two attached hydrogens (primary N) is 1. The van der Waals surface area contributed by atoms with Crippen LogP contribution in [0.5, 0.6) is 0 Å². The minimum atomic E-state index is 0.0179. The first-order valence-electron chi connectivity index (χ1n) is 6.83. The van der Waals surface area contributed by atoms with E-state index in [0.717, 1.165) is 44.8 Å². The Bertz CT molecular complexity index is 400. The number of rotatable bonds is 5. The van der Waals surface area contributed by atoms with Crippen LogP contribution in [-0.4, -0.2) is 24.1 Å². The quantitative estimate of drug-likeness (QED) is 0.853. The molecular formula is C14H21N3O2. The van der Waals surface area contributed by atoms with E-state index < -0.39 is 0 Å². The SMILES string of the molecule is Nc1ccc(NC(=O)CCCC2CCOCC2)nc1. The van der Waals surface area contributed by atoms with Crippen molar-refractivity contribution >= 4 is 17.4 Å². The second kappa shape index (κ2) is 7.09. The van der Waals surface area contributed by atoms with Crippen molar-refractivity contribution in [3.8, 4) is 0 Å². The summed E-state index contributed by atoms with van der Waals surface area (Å²) in [7, 11) is 0. The molecule has 1 aliphatic rings. The second-order valence-electron chi connectivity index (χ2n) is 4.97. The predicted octanol–water partition coefficient (Wildman–Crippen LogP) is 2.20. The summed E-state index contributed by atoms with van der Waals surface area (Å²) in [6.45, 7) is 1.73. The molecule has 5 nitrogen and oxygen atoms in total. The van der Waals surface area contributed by atoms with Gasteiger partial charge in [-0.05, 0) is 43.7 Å². The van der Waals surface area contributed by atoms with Crippen molar-refractivity contribution in [1.29, 1.82) is 0 Å². The van der Waals surface area contributed by atoms with Gasteiger partial charge in [0.25, 0.3) is 0 Å². The fourth-order valence-corrected chi connectivity index (χ4v) is 2.27. The molecule has 0 radical (unpaired) electrons. The summed E-state index contributed by atoms with van der Waals surface area (Å²) in [6.07, 6.45) is 6.36. The molecule has 1 aliphatic heterocycles. The Morgan fingerprint density at radius 2 is 2.21 bits per heavy atom. The van der Waals surface area contributed by atoms with Crippen molar-refractivity contribution in [2.45, 2.75) is 32.1 Å². The summed E-state index contributed by atoms with van der Waals surface area (Å²) in [5, 5.41) is 2.78. The number of hydrogen-bond acceptors (Lipinski definition) is 4. The summed E-state index contributed by atoms with van der Waals surface area (Å²) in [5.41, 5.74) is 6.13. The van der Waals surface area contributed by atoms with E-state index in [9.17, 15) is 4.79 Å². The van der Waals surface area contributed by atoms with Gasteiger partial charge in [0.15, 0.2) is 0 Å². The first kappa shape index (κ1) is 13.8. The number of ether oxygens (including phenoxy) is 1. The van der Waals surface area contributed by atoms with Gasteiger partial charge in [0.2, 0.25) is 5.91 Å². The van der Waals surface area contributed by atoms with E-state index in [1.165, 1.54) is 6.20 Å². The smallest absolute Gasteiger partial charge is 0.225 e. The molecular weight excluding hydrogens is 242 g/mol. The van der Waals surface area contributed by atoms with Gasteiger partial charge in [-0.1, -0.05) is 0 Å². The number of nitrogens with one attached hydrogen (secondary N) is 1. The van der Waals surface area contributed by atoms with Crippen LogP contribution in [0.4, 0.5) is 11.5 Å². The number of aromatic nitrogens is 1. The van der Waals surface area contributed by atoms with Crippen molar-refractivity contribution in [1.82, 2.24) is 4.98 Å². The molecule has 0 atom stereocenters. The topological polar surface area (TPSA) is 77.2 Å². The van der Waals surface area contributed by atoms with Crippen LogP contribution in [0, 0.1) is 5.92 Å². The average Bonchev–Trinajstić information content (AvgIpc) is 2.43. The minimum Gasteiger partial charge on any atom is -0.397 e. The molecule has 0 aromatic carbocycles. The normalized spacial score (nSPS) is 16.2. The molecule has 1 saturated heterocycles. The van der Waals surface area contributed by atoms with Crippen LogP contribution in [0.1, 0.15) is 32.1 Å². The third-order valence-electron chi connectivity index (χ3n) is 3.41. The van der Waals surface area contributed by atoms with Crippen molar-refractivity contribution in [2.75, 3.05) is 24.3 Å². The van der Waals surface area contributed by atoms with E-state index in [1.807, 2.05) is 0 Å². The zero-order valence-electron chi connectivity index (χ0n) is 11.1. The summed E-state index contributed by atoms with van der Waals surface area (Å²) in [5.74, 6) is 1.30. The number of nitrogen functional groups attached to an aromatic ring is 1. The van der Waals surface area contributed by atoms with Gasteiger partial charge in [-0.2, -0.15) is 0 Å². The lowest BCUT2D eigenvalue weighted by Crippen LogP contribution is -2.17. The fourth-order valence-electron chi connectivity index (χ4n) is 2.27. The summed E-state index contributed by atoms with van der Waals surface area (Å²) in [6, 6.07) is 3.44. The molecule has 1 aromatic heterocycles. The van der Waals surface area contributed by atoms with E-state index in [-0.39, 0.29) is 5.91 Å². The lowest BCUT2D eigenvalue weighted by atomic mass is 9.94. The number of anilines is 2. The van der Waals surface area contributed by atoms with Crippen molar-refractivity contribution < 1.29 is 9.53 Å². The lowest BCUT2D eigenvalue weighted by molar-refractivity contribution is -0.116. The maximum Gasteiger partial charge on any atom is 0.225 e. The summed E-state index contributed by atoms with van der Waals surface area (Å²) in [4.78, 5) is 15.8. The Hall–Kier alpha value is -1.62. The van der Waals surface area contributed by atoms with E-state index >= 15 is 0 Å². The highest BCUT2D eigenvalue weighted by Gasteiger charge is 2.14. The first-order valence-corrected chi connectivity index (χ1v) is 6.83. The molecule has 3 N–H and O–H groups in total. The minimum absolute atomic E-state index is 0.0179. The number of hydrogen-bond donors (Lipinski definition) is 2. The molecule has 2 rings (SSSR count). The molecule has 5 heteroatoms. The Morgan fingerprint density at radius 1 is 1.42 bits per heavy atom. The summed E-state index contributed by atoms with van der Waals surface area (Å²) < 4.78 is 5.32. The van der Waals surface area contributed by atoms with Crippen LogP contribution in [0.25, 0.3) is 0 Å². The van der Waals surface area contributed by atoms with Gasteiger partial charge >= 0.3 is 0 Å². The highest BCUT2D eigenvalue weighted by atomic mass is 16.5. The third-order valence-corrected chi connectivity index (χ3v) is 3.41. The zero-order valence-corrected chi connectivity index (χ0v) is 11.1. The third kappa shape index (κ3) is 4.87. The Balaban J connectivity index is 1.65. The van der Waals surface area contributed by atoms with E-state index in [2.05, 4.69) is 10.3 Å². The Kier molecular flexibility index (Phi) is 5.15. The predicted molar refractivity (Wildman–Crippen MR) is 74.7 cm³/mol. The molecule has 104 valence electrons. The first-order chi connectivity index (χ1) is 9.24. The molecule has 1 fully saturated rings. The van der Waals surface area contributed by atoms with Crippen LogP contribution in [-0.2, 0) is 9.53 Å². The van der Waals surface area contributed by atoms with E-state index in [4.69, 9.17) is 10.5 Å². The zero-order chi connectivity index (χ0) is 13.5. The monoisotopic (exact) mass is 263 g/mol. The van der Waals surface area contributed by atoms with E-state index in [1.54, 1.807) is 12.1 Å². The molecule has 0 unspecified atom stereocenters. The Morgan fingerprint density at radius 3 is 2.89 bits per heavy atom. The highest BCUT2D eigenvalue weighted by Crippen LogP contribution is 2.20. The van der Waals surface area contributed by atoms with Crippen LogP contribution >= 0.6 is 0 Å². The average molecular weight is 263 g/mol. The molecule has 1 aromatic rings. The number of pyridine rings is 1. The van der Waals surface area contributed by atoms with Crippen LogP contribution in [0.15, 0.2) is 18.3 Å². The maximum atomic E-state index is 11.7. The van der Waals surface area contributed by atoms with Crippen LogP contribution < -0.4 is 11.1 Å². The van der Waals surface area contributed by atoms with E-state index in [0.29, 0.717) is 17.9 Å². The number of carbonyl (C=O) groups is 1. The van der Waals surface area contributed by atoms with Crippen LogP contribution in [0.2, 0.25) is 0 Å². The molecule has 2 heterocycles. The molecule has 0 bridgehead atoms. The van der Waals surface area contributed by atoms with Gasteiger partial charge in [-0.15, -0.1) is 0 Å². The molecule has 1 amide bonds. The molecule has 0 saturated carbocycles. The highest BCUT2D eigenvalue weighted by molar-refractivity contribution is 5.89. The van der Waals surface area contributed by atoms with Gasteiger partial charge in [-0.3, -0.25) is 4.79 Å². The fraction of sp³-hybridized carbons (Fsp3) is 0.571. The van der Waals surface area contributed by atoms with Gasteiger partial charge in [0.05, 0.1) is 11.9 Å². The van der Waals surface area contributed by atoms with Crippen molar-refractivity contribution in [2.24, 2.45) is 5.92 Å². The molecule has 0 spiro atoms. The molecule has 0 aliphatic carbocycles. The van der Waals surface area contributed by atoms with Crippen molar-refractivity contribution in [3.05, 3.63) is 18.3 Å². The largest absolute Gasteiger partial charge is 0.397 e. The maximum absolute atomic E-state index is 11.7. The second-order valence-corrected chi connectivity index (χ2v) is 4.97. The van der Waals surface area contributed by atoms with Crippen LogP contribution in [0.3, 0.4) is 0 Å². The van der Waals surface area contributed by atoms with Gasteiger partial charge in [0.1, 0.15) is 5.82 Å². The number of amides is 1. The number of carbonyl (C=O) groups excluding carboxylic acids is 1.